The summed E-state index contributed by atoms with van der Waals surface area (Å²) < 4.78 is 49.2. The van der Waals surface area contributed by atoms with Gasteiger partial charge in [0.2, 0.25) is 5.91 Å². The number of hydrogen-bond acceptors (Lipinski definition) is 5. The molecule has 0 N–H and O–H groups in total. The van der Waals surface area contributed by atoms with Crippen LogP contribution >= 0.6 is 0 Å². The first-order valence-electron chi connectivity index (χ1n) is 11.5. The summed E-state index contributed by atoms with van der Waals surface area (Å²) >= 11 is 0. The van der Waals surface area contributed by atoms with Crippen molar-refractivity contribution in [3.8, 4) is 5.75 Å². The van der Waals surface area contributed by atoms with Crippen LogP contribution in [0.3, 0.4) is 0 Å². The summed E-state index contributed by atoms with van der Waals surface area (Å²) in [6.45, 7) is 0.550. The van der Waals surface area contributed by atoms with Crippen LogP contribution in [0.1, 0.15) is 29.2 Å². The maximum atomic E-state index is 13.5. The Morgan fingerprint density at radius 3 is 2.44 bits per heavy atom. The number of rotatable bonds is 9. The molecular weight excluding hydrogens is 481 g/mol. The number of benzene rings is 3. The molecule has 36 heavy (non-hydrogen) atoms. The van der Waals surface area contributed by atoms with Gasteiger partial charge in [-0.15, -0.1) is 0 Å². The zero-order valence-corrected chi connectivity index (χ0v) is 20.1. The van der Waals surface area contributed by atoms with E-state index in [0.717, 1.165) is 36.2 Å². The van der Waals surface area contributed by atoms with Crippen LogP contribution in [0.15, 0.2) is 107 Å². The van der Waals surface area contributed by atoms with E-state index >= 15 is 0 Å². The van der Waals surface area contributed by atoms with Crippen LogP contribution in [0.25, 0.3) is 0 Å². The third-order valence-electron chi connectivity index (χ3n) is 6.15. The Labute approximate surface area is 209 Å². The van der Waals surface area contributed by atoms with Gasteiger partial charge >= 0.3 is 10.1 Å². The SMILES string of the molecule is O=C(C1C[C@H]1c1ccccc1)N(Cc1cccc(OS(=O)(=O)c2ccc(F)cc2)c1)Cc1ccco1. The monoisotopic (exact) mass is 505 g/mol. The van der Waals surface area contributed by atoms with Crippen LogP contribution in [0.5, 0.6) is 5.75 Å². The average molecular weight is 506 g/mol. The topological polar surface area (TPSA) is 76.8 Å². The van der Waals surface area contributed by atoms with E-state index in [4.69, 9.17) is 8.60 Å². The lowest BCUT2D eigenvalue weighted by Crippen LogP contribution is -2.31. The molecule has 1 fully saturated rings. The number of furan rings is 1. The molecule has 1 heterocycles. The summed E-state index contributed by atoms with van der Waals surface area (Å²) in [7, 11) is -4.14. The summed E-state index contributed by atoms with van der Waals surface area (Å²) in [5.41, 5.74) is 1.86. The smallest absolute Gasteiger partial charge is 0.339 e. The van der Waals surface area contributed by atoms with Crippen LogP contribution in [0.4, 0.5) is 4.39 Å². The van der Waals surface area contributed by atoms with Gasteiger partial charge in [-0.25, -0.2) is 4.39 Å². The number of carbonyl (C=O) groups excluding carboxylic acids is 1. The summed E-state index contributed by atoms with van der Waals surface area (Å²) in [5.74, 6) is 0.323. The highest BCUT2D eigenvalue weighted by atomic mass is 32.2. The van der Waals surface area contributed by atoms with Crippen molar-refractivity contribution in [1.82, 2.24) is 4.90 Å². The molecule has 1 aromatic heterocycles. The second-order valence-corrected chi connectivity index (χ2v) is 10.3. The van der Waals surface area contributed by atoms with Gasteiger partial charge in [-0.2, -0.15) is 8.42 Å². The predicted molar refractivity (Wildman–Crippen MR) is 131 cm³/mol. The molecule has 0 aliphatic heterocycles. The minimum absolute atomic E-state index is 0.0190. The molecule has 0 radical (unpaired) electrons. The molecule has 6 nitrogen and oxygen atoms in total. The van der Waals surface area contributed by atoms with Crippen LogP contribution in [-0.2, 0) is 28.0 Å². The molecule has 5 rings (SSSR count). The number of carbonyl (C=O) groups is 1. The van der Waals surface area contributed by atoms with Gasteiger partial charge in [-0.1, -0.05) is 42.5 Å². The van der Waals surface area contributed by atoms with Gasteiger partial charge in [-0.3, -0.25) is 4.79 Å². The van der Waals surface area contributed by atoms with Crippen LogP contribution in [-0.4, -0.2) is 19.2 Å². The molecule has 184 valence electrons. The van der Waals surface area contributed by atoms with Crippen molar-refractivity contribution in [3.05, 3.63) is 120 Å². The van der Waals surface area contributed by atoms with E-state index in [0.29, 0.717) is 17.9 Å². The minimum Gasteiger partial charge on any atom is -0.467 e. The first-order valence-corrected chi connectivity index (χ1v) is 12.9. The molecule has 1 aliphatic rings. The molecule has 8 heteroatoms. The van der Waals surface area contributed by atoms with Gasteiger partial charge in [0, 0.05) is 12.5 Å². The third kappa shape index (κ3) is 5.49. The molecule has 0 bridgehead atoms. The second-order valence-electron chi connectivity index (χ2n) is 8.77. The average Bonchev–Trinajstić information content (AvgIpc) is 3.51. The fourth-order valence-electron chi connectivity index (χ4n) is 4.27. The lowest BCUT2D eigenvalue weighted by molar-refractivity contribution is -0.134. The molecule has 1 unspecified atom stereocenters. The standard InChI is InChI=1S/C28H24FNO5S/c29-22-11-13-25(14-12-22)36(32,33)35-23-9-4-6-20(16-23)18-30(19-24-10-5-15-34-24)28(31)27-17-26(27)21-7-2-1-3-8-21/h1-16,26-27H,17-19H2/t26-,27?/m0/s1. The van der Waals surface area contributed by atoms with E-state index in [2.05, 4.69) is 0 Å². The first kappa shape index (κ1) is 23.8. The first-order chi connectivity index (χ1) is 17.4. The molecule has 1 aliphatic carbocycles. The molecule has 1 saturated carbocycles. The van der Waals surface area contributed by atoms with Crippen LogP contribution in [0, 0.1) is 11.7 Å². The van der Waals surface area contributed by atoms with Crippen molar-refractivity contribution in [2.45, 2.75) is 30.3 Å². The van der Waals surface area contributed by atoms with Crippen molar-refractivity contribution in [2.75, 3.05) is 0 Å². The van der Waals surface area contributed by atoms with Crippen molar-refractivity contribution < 1.29 is 26.2 Å². The second kappa shape index (κ2) is 9.99. The van der Waals surface area contributed by atoms with E-state index in [1.807, 2.05) is 36.4 Å². The summed E-state index contributed by atoms with van der Waals surface area (Å²) in [6.07, 6.45) is 2.35. The Hall–Kier alpha value is -3.91. The van der Waals surface area contributed by atoms with Gasteiger partial charge in [-0.05, 0) is 72.0 Å². The van der Waals surface area contributed by atoms with Gasteiger partial charge in [0.05, 0.1) is 12.8 Å². The van der Waals surface area contributed by atoms with Crippen LogP contribution < -0.4 is 4.18 Å². The fraction of sp³-hybridized carbons (Fsp3) is 0.179. The van der Waals surface area contributed by atoms with Gasteiger partial charge < -0.3 is 13.5 Å². The highest BCUT2D eigenvalue weighted by Gasteiger charge is 2.45. The molecule has 1 amide bonds. The maximum absolute atomic E-state index is 13.5. The third-order valence-corrected chi connectivity index (χ3v) is 7.42. The van der Waals surface area contributed by atoms with Crippen molar-refractivity contribution in [2.24, 2.45) is 5.92 Å². The number of hydrogen-bond donors (Lipinski definition) is 0. The Morgan fingerprint density at radius 2 is 1.72 bits per heavy atom. The van der Waals surface area contributed by atoms with E-state index in [1.54, 1.807) is 35.4 Å². The Kier molecular flexibility index (Phi) is 6.61. The quantitative estimate of drug-likeness (QED) is 0.280. The van der Waals surface area contributed by atoms with Crippen molar-refractivity contribution in [1.29, 1.82) is 0 Å². The summed E-state index contributed by atoms with van der Waals surface area (Å²) in [4.78, 5) is 15.0. The molecular formula is C28H24FNO5S. The lowest BCUT2D eigenvalue weighted by Gasteiger charge is -2.22. The summed E-state index contributed by atoms with van der Waals surface area (Å²) in [5, 5.41) is 0. The lowest BCUT2D eigenvalue weighted by atomic mass is 10.1. The maximum Gasteiger partial charge on any atom is 0.339 e. The number of amides is 1. The fourth-order valence-corrected chi connectivity index (χ4v) is 5.19. The molecule has 0 saturated heterocycles. The molecule has 4 aromatic rings. The predicted octanol–water partition coefficient (Wildman–Crippen LogP) is 5.52. The van der Waals surface area contributed by atoms with E-state index < -0.39 is 15.9 Å². The Balaban J connectivity index is 1.33. The highest BCUT2D eigenvalue weighted by Crippen LogP contribution is 2.48. The van der Waals surface area contributed by atoms with Crippen LogP contribution in [0.2, 0.25) is 0 Å². The number of nitrogens with zero attached hydrogens (tertiary/aromatic N) is 1. The molecule has 2 atom stereocenters. The number of halogens is 1. The van der Waals surface area contributed by atoms with E-state index in [-0.39, 0.29) is 34.9 Å². The van der Waals surface area contributed by atoms with Gasteiger partial charge in [0.25, 0.3) is 0 Å². The van der Waals surface area contributed by atoms with Crippen molar-refractivity contribution in [3.63, 3.8) is 0 Å². The summed E-state index contributed by atoms with van der Waals surface area (Å²) in [6, 6.07) is 24.6. The van der Waals surface area contributed by atoms with Gasteiger partial charge in [0.1, 0.15) is 22.2 Å². The normalized spacial score (nSPS) is 16.9. The Morgan fingerprint density at radius 1 is 0.944 bits per heavy atom. The zero-order valence-electron chi connectivity index (χ0n) is 19.3. The largest absolute Gasteiger partial charge is 0.467 e. The van der Waals surface area contributed by atoms with E-state index in [1.165, 1.54) is 6.07 Å². The van der Waals surface area contributed by atoms with E-state index in [9.17, 15) is 17.6 Å². The zero-order chi connectivity index (χ0) is 25.1. The highest BCUT2D eigenvalue weighted by molar-refractivity contribution is 7.87. The molecule has 0 spiro atoms. The Bertz CT molecular complexity index is 1440. The van der Waals surface area contributed by atoms with Crippen molar-refractivity contribution >= 4 is 16.0 Å². The minimum atomic E-state index is -4.14. The van der Waals surface area contributed by atoms with Gasteiger partial charge in [0.15, 0.2) is 0 Å². The molecule has 3 aromatic carbocycles.